The van der Waals surface area contributed by atoms with Crippen LogP contribution < -0.4 is 4.74 Å². The fraction of sp³-hybridized carbons (Fsp3) is 0.346. The van der Waals surface area contributed by atoms with Gasteiger partial charge in [0.05, 0.1) is 0 Å². The number of hydrogen-bond acceptors (Lipinski definition) is 5. The number of esters is 1. The number of hydrogen-bond donors (Lipinski definition) is 0. The molecule has 2 aliphatic carbocycles. The van der Waals surface area contributed by atoms with Gasteiger partial charge in [-0.2, -0.15) is 0 Å². The van der Waals surface area contributed by atoms with Gasteiger partial charge in [-0.1, -0.05) is 36.4 Å². The van der Waals surface area contributed by atoms with Gasteiger partial charge in [0, 0.05) is 22.9 Å². The summed E-state index contributed by atoms with van der Waals surface area (Å²) >= 11 is 0. The van der Waals surface area contributed by atoms with Gasteiger partial charge < -0.3 is 14.4 Å². The second-order valence-corrected chi connectivity index (χ2v) is 8.11. The largest absolute Gasteiger partial charge is 0.482 e. The van der Waals surface area contributed by atoms with Crippen molar-refractivity contribution in [3.63, 3.8) is 0 Å². The third-order valence-corrected chi connectivity index (χ3v) is 5.62. The van der Waals surface area contributed by atoms with Gasteiger partial charge in [-0.3, -0.25) is 9.59 Å². The monoisotopic (exact) mass is 433 g/mol. The quantitative estimate of drug-likeness (QED) is 0.436. The molecule has 0 atom stereocenters. The van der Waals surface area contributed by atoms with Crippen molar-refractivity contribution in [2.24, 2.45) is 0 Å². The molecule has 2 aromatic carbocycles. The molecule has 0 bridgehead atoms. The highest BCUT2D eigenvalue weighted by Crippen LogP contribution is 2.33. The maximum absolute atomic E-state index is 12.7. The topological polar surface area (TPSA) is 72.9 Å². The lowest BCUT2D eigenvalue weighted by Crippen LogP contribution is -2.36. The van der Waals surface area contributed by atoms with E-state index in [1.165, 1.54) is 0 Å². The van der Waals surface area contributed by atoms with Crippen LogP contribution in [-0.2, 0) is 14.3 Å². The van der Waals surface area contributed by atoms with E-state index in [9.17, 15) is 14.4 Å². The lowest BCUT2D eigenvalue weighted by Gasteiger charge is -2.27. The Morgan fingerprint density at radius 3 is 2.25 bits per heavy atom. The summed E-state index contributed by atoms with van der Waals surface area (Å²) in [6.07, 6.45) is 8.29. The van der Waals surface area contributed by atoms with E-state index in [1.807, 2.05) is 23.1 Å². The molecular weight excluding hydrogens is 406 g/mol. The Bertz CT molecular complexity index is 993. The van der Waals surface area contributed by atoms with E-state index in [2.05, 4.69) is 6.08 Å². The first kappa shape index (κ1) is 21.8. The van der Waals surface area contributed by atoms with Gasteiger partial charge in [0.2, 0.25) is 0 Å². The van der Waals surface area contributed by atoms with Crippen molar-refractivity contribution >= 4 is 17.7 Å². The van der Waals surface area contributed by atoms with Crippen molar-refractivity contribution < 1.29 is 23.9 Å². The smallest absolute Gasteiger partial charge is 0.344 e. The number of carbonyl (C=O) groups excluding carboxylic acids is 3. The van der Waals surface area contributed by atoms with Crippen molar-refractivity contribution in [1.82, 2.24) is 4.90 Å². The summed E-state index contributed by atoms with van der Waals surface area (Å²) < 4.78 is 10.6. The van der Waals surface area contributed by atoms with Crippen molar-refractivity contribution in [1.29, 1.82) is 0 Å². The number of benzene rings is 2. The van der Waals surface area contributed by atoms with Gasteiger partial charge in [0.1, 0.15) is 5.75 Å². The second-order valence-electron chi connectivity index (χ2n) is 8.11. The maximum atomic E-state index is 12.7. The maximum Gasteiger partial charge on any atom is 0.344 e. The Balaban J connectivity index is 1.24. The number of ketones is 1. The fourth-order valence-corrected chi connectivity index (χ4v) is 3.83. The Morgan fingerprint density at radius 1 is 0.875 bits per heavy atom. The Labute approximate surface area is 187 Å². The van der Waals surface area contributed by atoms with Gasteiger partial charge in [0.15, 0.2) is 19.0 Å². The molecule has 1 saturated carbocycles. The Kier molecular flexibility index (Phi) is 7.00. The summed E-state index contributed by atoms with van der Waals surface area (Å²) in [5.41, 5.74) is 2.22. The number of allylic oxidation sites excluding steroid dienone is 2. The third kappa shape index (κ3) is 5.63. The SMILES string of the molecule is O=C(COc1ccc(C(=O)c2ccccc2)cc1)OCC(=O)N(C1=CCCCC1)C1CC1. The number of amides is 1. The molecule has 0 saturated heterocycles. The molecule has 0 N–H and O–H groups in total. The summed E-state index contributed by atoms with van der Waals surface area (Å²) in [6, 6.07) is 15.9. The molecule has 0 radical (unpaired) electrons. The summed E-state index contributed by atoms with van der Waals surface area (Å²) in [5, 5.41) is 0. The molecule has 0 heterocycles. The molecule has 1 fully saturated rings. The first-order valence-corrected chi connectivity index (χ1v) is 11.1. The van der Waals surface area contributed by atoms with Gasteiger partial charge in [0.25, 0.3) is 5.91 Å². The predicted molar refractivity (Wildman–Crippen MR) is 119 cm³/mol. The van der Waals surface area contributed by atoms with E-state index in [0.717, 1.165) is 44.2 Å². The van der Waals surface area contributed by atoms with Gasteiger partial charge in [-0.15, -0.1) is 0 Å². The molecule has 0 spiro atoms. The number of nitrogens with zero attached hydrogens (tertiary/aromatic N) is 1. The van der Waals surface area contributed by atoms with E-state index in [1.54, 1.807) is 36.4 Å². The van der Waals surface area contributed by atoms with Crippen molar-refractivity contribution in [2.75, 3.05) is 13.2 Å². The third-order valence-electron chi connectivity index (χ3n) is 5.62. The molecule has 6 nitrogen and oxygen atoms in total. The zero-order valence-corrected chi connectivity index (χ0v) is 18.0. The van der Waals surface area contributed by atoms with Crippen molar-refractivity contribution in [3.8, 4) is 5.75 Å². The molecular formula is C26H27NO5. The van der Waals surface area contributed by atoms with Crippen LogP contribution in [0.2, 0.25) is 0 Å². The first-order chi connectivity index (χ1) is 15.6. The second kappa shape index (κ2) is 10.3. The zero-order valence-electron chi connectivity index (χ0n) is 18.0. The lowest BCUT2D eigenvalue weighted by molar-refractivity contribution is -0.153. The minimum Gasteiger partial charge on any atom is -0.482 e. The zero-order chi connectivity index (χ0) is 22.3. The van der Waals surface area contributed by atoms with Crippen LogP contribution in [0.1, 0.15) is 54.4 Å². The summed E-state index contributed by atoms with van der Waals surface area (Å²) in [6.45, 7) is -0.577. The molecule has 0 aliphatic heterocycles. The van der Waals surface area contributed by atoms with Crippen LogP contribution in [0.5, 0.6) is 5.75 Å². The highest BCUT2D eigenvalue weighted by atomic mass is 16.6. The molecule has 4 rings (SSSR count). The molecule has 1 amide bonds. The van der Waals surface area contributed by atoms with Crippen LogP contribution in [0.25, 0.3) is 0 Å². The average Bonchev–Trinajstić information content (AvgIpc) is 3.68. The van der Waals surface area contributed by atoms with E-state index < -0.39 is 5.97 Å². The van der Waals surface area contributed by atoms with Crippen LogP contribution in [-0.4, -0.2) is 41.8 Å². The normalized spacial score (nSPS) is 15.4. The van der Waals surface area contributed by atoms with Crippen molar-refractivity contribution in [2.45, 2.75) is 44.6 Å². The first-order valence-electron chi connectivity index (χ1n) is 11.1. The van der Waals surface area contributed by atoms with Crippen LogP contribution in [0.4, 0.5) is 0 Å². The molecule has 0 aromatic heterocycles. The van der Waals surface area contributed by atoms with Gasteiger partial charge >= 0.3 is 5.97 Å². The van der Waals surface area contributed by atoms with Crippen LogP contribution in [0.3, 0.4) is 0 Å². The molecule has 166 valence electrons. The van der Waals surface area contributed by atoms with Crippen LogP contribution in [0.15, 0.2) is 66.4 Å². The average molecular weight is 434 g/mol. The number of rotatable bonds is 9. The molecule has 6 heteroatoms. The summed E-state index contributed by atoms with van der Waals surface area (Å²) in [5.74, 6) is -0.401. The van der Waals surface area contributed by atoms with E-state index in [-0.39, 0.29) is 30.9 Å². The minimum absolute atomic E-state index is 0.0802. The molecule has 0 unspecified atom stereocenters. The predicted octanol–water partition coefficient (Wildman–Crippen LogP) is 4.29. The number of carbonyl (C=O) groups is 3. The summed E-state index contributed by atoms with van der Waals surface area (Å²) in [7, 11) is 0. The van der Waals surface area contributed by atoms with E-state index in [0.29, 0.717) is 16.9 Å². The van der Waals surface area contributed by atoms with E-state index >= 15 is 0 Å². The van der Waals surface area contributed by atoms with Gasteiger partial charge in [-0.05, 0) is 62.8 Å². The molecule has 32 heavy (non-hydrogen) atoms. The fourth-order valence-electron chi connectivity index (χ4n) is 3.83. The standard InChI is InChI=1S/C26H27NO5/c28-24(27(22-13-14-22)21-9-5-2-6-10-21)17-32-25(29)18-31-23-15-11-20(12-16-23)26(30)19-7-3-1-4-8-19/h1,3-4,7-9,11-12,15-16,22H,2,5-6,10,13-14,17-18H2. The van der Waals surface area contributed by atoms with Crippen molar-refractivity contribution in [3.05, 3.63) is 77.5 Å². The highest BCUT2D eigenvalue weighted by Gasteiger charge is 2.35. The summed E-state index contributed by atoms with van der Waals surface area (Å²) in [4.78, 5) is 39.0. The number of ether oxygens (including phenoxy) is 2. The Hall–Kier alpha value is -3.41. The van der Waals surface area contributed by atoms with Crippen LogP contribution >= 0.6 is 0 Å². The van der Waals surface area contributed by atoms with Gasteiger partial charge in [-0.25, -0.2) is 4.79 Å². The molecule has 2 aromatic rings. The van der Waals surface area contributed by atoms with E-state index in [4.69, 9.17) is 9.47 Å². The lowest BCUT2D eigenvalue weighted by atomic mass is 10.0. The Morgan fingerprint density at radius 2 is 1.59 bits per heavy atom. The van der Waals surface area contributed by atoms with Crippen LogP contribution in [0, 0.1) is 0 Å². The minimum atomic E-state index is -0.601. The highest BCUT2D eigenvalue weighted by molar-refractivity contribution is 6.09. The molecule has 2 aliphatic rings.